The fourth-order valence-electron chi connectivity index (χ4n) is 3.35. The van der Waals surface area contributed by atoms with Crippen molar-refractivity contribution in [3.05, 3.63) is 54.1 Å². The van der Waals surface area contributed by atoms with E-state index in [2.05, 4.69) is 45.6 Å². The van der Waals surface area contributed by atoms with Crippen molar-refractivity contribution >= 4 is 0 Å². The zero-order chi connectivity index (χ0) is 14.3. The van der Waals surface area contributed by atoms with Crippen LogP contribution in [0.3, 0.4) is 0 Å². The Kier molecular flexibility index (Phi) is 5.06. The van der Waals surface area contributed by atoms with E-state index in [0.29, 0.717) is 6.04 Å². The molecule has 1 heterocycles. The van der Waals surface area contributed by atoms with Crippen LogP contribution in [0.1, 0.15) is 49.4 Å². The van der Waals surface area contributed by atoms with E-state index in [1.165, 1.54) is 31.2 Å². The molecule has 0 spiro atoms. The molecule has 3 nitrogen and oxygen atoms in total. The van der Waals surface area contributed by atoms with Gasteiger partial charge in [0.1, 0.15) is 5.82 Å². The first-order valence-corrected chi connectivity index (χ1v) is 8.18. The van der Waals surface area contributed by atoms with E-state index in [-0.39, 0.29) is 0 Å². The van der Waals surface area contributed by atoms with Crippen LogP contribution in [0.4, 0.5) is 0 Å². The molecule has 2 N–H and O–H groups in total. The van der Waals surface area contributed by atoms with Gasteiger partial charge in [-0.05, 0) is 50.1 Å². The Morgan fingerprint density at radius 2 is 1.90 bits per heavy atom. The molecule has 1 aromatic heterocycles. The maximum absolute atomic E-state index is 4.26. The third kappa shape index (κ3) is 4.18. The van der Waals surface area contributed by atoms with Gasteiger partial charge in [-0.15, -0.1) is 0 Å². The summed E-state index contributed by atoms with van der Waals surface area (Å²) < 4.78 is 0. The number of H-pyrrole nitrogens is 1. The summed E-state index contributed by atoms with van der Waals surface area (Å²) in [5.41, 5.74) is 1.52. The lowest BCUT2D eigenvalue weighted by molar-refractivity contribution is 0.342. The fraction of sp³-hybridized carbons (Fsp3) is 0.500. The van der Waals surface area contributed by atoms with Gasteiger partial charge in [0.2, 0.25) is 0 Å². The summed E-state index contributed by atoms with van der Waals surface area (Å²) in [5.74, 6) is 1.87. The summed E-state index contributed by atoms with van der Waals surface area (Å²) in [6, 6.07) is 11.7. The van der Waals surface area contributed by atoms with Crippen molar-refractivity contribution in [3.63, 3.8) is 0 Å². The quantitative estimate of drug-likeness (QED) is 0.794. The van der Waals surface area contributed by atoms with Gasteiger partial charge in [-0.1, -0.05) is 30.3 Å². The largest absolute Gasteiger partial charge is 0.349 e. The van der Waals surface area contributed by atoms with Crippen molar-refractivity contribution in [2.45, 2.75) is 50.5 Å². The molecule has 0 bridgehead atoms. The first kappa shape index (κ1) is 14.3. The summed E-state index contributed by atoms with van der Waals surface area (Å²) in [7, 11) is 0. The van der Waals surface area contributed by atoms with Gasteiger partial charge in [-0.2, -0.15) is 0 Å². The van der Waals surface area contributed by atoms with Crippen molar-refractivity contribution in [2.75, 3.05) is 6.54 Å². The number of benzene rings is 1. The molecule has 1 aliphatic rings. The number of rotatable bonds is 6. The van der Waals surface area contributed by atoms with Crippen LogP contribution in [-0.2, 0) is 6.42 Å². The SMILES string of the molecule is c1ccc(C2CCC(NCCCc3ncc[nH]3)CC2)cc1. The van der Waals surface area contributed by atoms with Crippen LogP contribution in [0.15, 0.2) is 42.7 Å². The van der Waals surface area contributed by atoms with Gasteiger partial charge >= 0.3 is 0 Å². The van der Waals surface area contributed by atoms with Crippen molar-refractivity contribution in [2.24, 2.45) is 0 Å². The van der Waals surface area contributed by atoms with E-state index < -0.39 is 0 Å². The van der Waals surface area contributed by atoms with Gasteiger partial charge in [0, 0.05) is 24.9 Å². The number of nitrogens with zero attached hydrogens (tertiary/aromatic N) is 1. The molecule has 0 atom stereocenters. The average molecular weight is 283 g/mol. The molecule has 0 aliphatic heterocycles. The lowest BCUT2D eigenvalue weighted by atomic mass is 9.82. The Morgan fingerprint density at radius 1 is 1.10 bits per heavy atom. The zero-order valence-electron chi connectivity index (χ0n) is 12.6. The molecular weight excluding hydrogens is 258 g/mol. The highest BCUT2D eigenvalue weighted by Crippen LogP contribution is 2.32. The normalized spacial score (nSPS) is 22.3. The van der Waals surface area contributed by atoms with E-state index in [9.17, 15) is 0 Å². The predicted octanol–water partition coefficient (Wildman–Crippen LogP) is 3.66. The third-order valence-corrected chi connectivity index (χ3v) is 4.58. The number of aromatic amines is 1. The predicted molar refractivity (Wildman–Crippen MR) is 86.4 cm³/mol. The second-order valence-electron chi connectivity index (χ2n) is 6.05. The topological polar surface area (TPSA) is 40.7 Å². The van der Waals surface area contributed by atoms with Gasteiger partial charge in [0.05, 0.1) is 0 Å². The second kappa shape index (κ2) is 7.41. The van der Waals surface area contributed by atoms with Crippen molar-refractivity contribution in [3.8, 4) is 0 Å². The number of imidazole rings is 1. The molecule has 1 aromatic carbocycles. The van der Waals surface area contributed by atoms with Crippen LogP contribution in [-0.4, -0.2) is 22.6 Å². The molecule has 2 aromatic rings. The van der Waals surface area contributed by atoms with Crippen LogP contribution < -0.4 is 5.32 Å². The minimum absolute atomic E-state index is 0.710. The van der Waals surface area contributed by atoms with Gasteiger partial charge in [-0.25, -0.2) is 4.98 Å². The van der Waals surface area contributed by atoms with Crippen LogP contribution in [0.25, 0.3) is 0 Å². The smallest absolute Gasteiger partial charge is 0.106 e. The summed E-state index contributed by atoms with van der Waals surface area (Å²) in [6.07, 6.45) is 11.2. The molecule has 0 amide bonds. The highest BCUT2D eigenvalue weighted by atomic mass is 14.9. The molecule has 0 radical (unpaired) electrons. The minimum Gasteiger partial charge on any atom is -0.349 e. The Labute approximate surface area is 127 Å². The van der Waals surface area contributed by atoms with E-state index >= 15 is 0 Å². The minimum atomic E-state index is 0.710. The van der Waals surface area contributed by atoms with Gasteiger partial charge < -0.3 is 10.3 Å². The maximum Gasteiger partial charge on any atom is 0.106 e. The molecule has 1 fully saturated rings. The number of hydrogen-bond donors (Lipinski definition) is 2. The second-order valence-corrected chi connectivity index (χ2v) is 6.05. The van der Waals surface area contributed by atoms with Crippen LogP contribution in [0.2, 0.25) is 0 Å². The Morgan fingerprint density at radius 3 is 2.62 bits per heavy atom. The Bertz CT molecular complexity index is 499. The van der Waals surface area contributed by atoms with Crippen LogP contribution in [0.5, 0.6) is 0 Å². The standard InChI is InChI=1S/C18H25N3/c1-2-5-15(6-3-1)16-8-10-17(11-9-16)19-12-4-7-18-20-13-14-21-18/h1-3,5-6,13-14,16-17,19H,4,7-12H2,(H,20,21). The van der Waals surface area contributed by atoms with E-state index in [1.54, 1.807) is 0 Å². The van der Waals surface area contributed by atoms with Crippen LogP contribution >= 0.6 is 0 Å². The molecule has 1 aliphatic carbocycles. The lowest BCUT2D eigenvalue weighted by Crippen LogP contribution is -2.33. The number of aryl methyl sites for hydroxylation is 1. The molecule has 1 saturated carbocycles. The molecule has 3 heteroatoms. The monoisotopic (exact) mass is 283 g/mol. The highest BCUT2D eigenvalue weighted by molar-refractivity contribution is 5.20. The summed E-state index contributed by atoms with van der Waals surface area (Å²) >= 11 is 0. The first-order valence-electron chi connectivity index (χ1n) is 8.18. The summed E-state index contributed by atoms with van der Waals surface area (Å²) in [4.78, 5) is 7.42. The summed E-state index contributed by atoms with van der Waals surface area (Å²) in [5, 5.41) is 3.71. The molecule has 112 valence electrons. The van der Waals surface area contributed by atoms with Gasteiger partial charge in [0.15, 0.2) is 0 Å². The molecule has 3 rings (SSSR count). The molecular formula is C18H25N3. The average Bonchev–Trinajstić information content (AvgIpc) is 3.06. The molecule has 0 saturated heterocycles. The van der Waals surface area contributed by atoms with E-state index in [4.69, 9.17) is 0 Å². The van der Waals surface area contributed by atoms with E-state index in [1.807, 2.05) is 12.4 Å². The van der Waals surface area contributed by atoms with Gasteiger partial charge in [0.25, 0.3) is 0 Å². The fourth-order valence-corrected chi connectivity index (χ4v) is 3.35. The number of aromatic nitrogens is 2. The third-order valence-electron chi connectivity index (χ3n) is 4.58. The lowest BCUT2D eigenvalue weighted by Gasteiger charge is -2.29. The maximum atomic E-state index is 4.26. The number of hydrogen-bond acceptors (Lipinski definition) is 2. The molecule has 0 unspecified atom stereocenters. The number of nitrogens with one attached hydrogen (secondary N) is 2. The van der Waals surface area contributed by atoms with Crippen LogP contribution in [0, 0.1) is 0 Å². The van der Waals surface area contributed by atoms with Crippen molar-refractivity contribution in [1.29, 1.82) is 0 Å². The zero-order valence-corrected chi connectivity index (χ0v) is 12.6. The van der Waals surface area contributed by atoms with Crippen molar-refractivity contribution < 1.29 is 0 Å². The first-order chi connectivity index (χ1) is 10.4. The van der Waals surface area contributed by atoms with Crippen molar-refractivity contribution in [1.82, 2.24) is 15.3 Å². The molecule has 21 heavy (non-hydrogen) atoms. The van der Waals surface area contributed by atoms with E-state index in [0.717, 1.165) is 31.1 Å². The van der Waals surface area contributed by atoms with Gasteiger partial charge in [-0.3, -0.25) is 0 Å². The highest BCUT2D eigenvalue weighted by Gasteiger charge is 2.21. The Hall–Kier alpha value is -1.61. The Balaban J connectivity index is 1.34. The summed E-state index contributed by atoms with van der Waals surface area (Å²) in [6.45, 7) is 1.10.